The zero-order valence-corrected chi connectivity index (χ0v) is 16.0. The lowest BCUT2D eigenvalue weighted by atomic mass is 10.1. The molecule has 0 saturated heterocycles. The predicted molar refractivity (Wildman–Crippen MR) is 117 cm³/mol. The lowest BCUT2D eigenvalue weighted by Crippen LogP contribution is -2.13. The highest BCUT2D eigenvalue weighted by molar-refractivity contribution is 5.83. The second kappa shape index (κ2) is 8.35. The molecule has 0 fully saturated rings. The molecule has 0 unspecified atom stereocenters. The fourth-order valence-corrected chi connectivity index (χ4v) is 2.89. The quantitative estimate of drug-likeness (QED) is 0.391. The molecule has 0 aliphatic heterocycles. The zero-order valence-electron chi connectivity index (χ0n) is 16.0. The minimum atomic E-state index is 0.175. The normalized spacial score (nSPS) is 10.9. The van der Waals surface area contributed by atoms with Crippen molar-refractivity contribution in [2.24, 2.45) is 5.10 Å². The monoisotopic (exact) mass is 380 g/mol. The molecule has 1 aromatic heterocycles. The molecule has 1 heterocycles. The Bertz CT molecular complexity index is 1070. The highest BCUT2D eigenvalue weighted by atomic mass is 16.3. The standard InChI is InChI=1S/C24H20N4O/c1-28(25-17-20-14-8-9-15-23(20)29)24-26-21(18-10-4-2-5-11-18)16-22(27-24)19-12-6-3-7-13-19/h2-17,29H,1H3/b25-17+. The van der Waals surface area contributed by atoms with Gasteiger partial charge in [0.25, 0.3) is 0 Å². The van der Waals surface area contributed by atoms with Crippen LogP contribution in [0.5, 0.6) is 5.75 Å². The number of hydrogen-bond acceptors (Lipinski definition) is 5. The van der Waals surface area contributed by atoms with Crippen molar-refractivity contribution in [3.63, 3.8) is 0 Å². The van der Waals surface area contributed by atoms with Gasteiger partial charge in [-0.2, -0.15) is 5.10 Å². The number of nitrogens with zero attached hydrogens (tertiary/aromatic N) is 4. The van der Waals surface area contributed by atoms with Crippen LogP contribution in [0.15, 0.2) is 96.1 Å². The Morgan fingerprint density at radius 2 is 1.28 bits per heavy atom. The first kappa shape index (κ1) is 18.4. The number of hydrogen-bond donors (Lipinski definition) is 1. The average molecular weight is 380 g/mol. The zero-order chi connectivity index (χ0) is 20.1. The number of rotatable bonds is 5. The maximum Gasteiger partial charge on any atom is 0.247 e. The Hall–Kier alpha value is -3.99. The Labute approximate surface area is 169 Å². The van der Waals surface area contributed by atoms with Crippen molar-refractivity contribution in [2.45, 2.75) is 0 Å². The lowest BCUT2D eigenvalue weighted by Gasteiger charge is -2.14. The molecule has 4 rings (SSSR count). The van der Waals surface area contributed by atoms with Gasteiger partial charge in [0.1, 0.15) is 5.75 Å². The van der Waals surface area contributed by atoms with Gasteiger partial charge in [0.15, 0.2) is 0 Å². The summed E-state index contributed by atoms with van der Waals surface area (Å²) in [7, 11) is 1.79. The molecule has 0 aliphatic carbocycles. The van der Waals surface area contributed by atoms with Crippen LogP contribution >= 0.6 is 0 Å². The predicted octanol–water partition coefficient (Wildman–Crippen LogP) is 4.99. The third-order valence-electron chi connectivity index (χ3n) is 4.45. The van der Waals surface area contributed by atoms with E-state index in [4.69, 9.17) is 9.97 Å². The van der Waals surface area contributed by atoms with Crippen molar-refractivity contribution in [2.75, 3.05) is 12.1 Å². The van der Waals surface area contributed by atoms with E-state index >= 15 is 0 Å². The second-order valence-corrected chi connectivity index (χ2v) is 6.50. The number of hydrazone groups is 1. The number of aromatic hydroxyl groups is 1. The van der Waals surface area contributed by atoms with Gasteiger partial charge in [0, 0.05) is 23.7 Å². The van der Waals surface area contributed by atoms with Gasteiger partial charge >= 0.3 is 0 Å². The molecule has 0 spiro atoms. The first-order valence-electron chi connectivity index (χ1n) is 9.26. The van der Waals surface area contributed by atoms with Gasteiger partial charge < -0.3 is 5.11 Å². The van der Waals surface area contributed by atoms with E-state index in [0.717, 1.165) is 22.5 Å². The molecular formula is C24H20N4O. The SMILES string of the molecule is CN(/N=C/c1ccccc1O)c1nc(-c2ccccc2)cc(-c2ccccc2)n1. The number of phenolic OH excluding ortho intramolecular Hbond substituents is 1. The van der Waals surface area contributed by atoms with Crippen molar-refractivity contribution < 1.29 is 5.11 Å². The summed E-state index contributed by atoms with van der Waals surface area (Å²) in [5, 5.41) is 16.0. The van der Waals surface area contributed by atoms with Crippen molar-refractivity contribution >= 4 is 12.2 Å². The Morgan fingerprint density at radius 3 is 1.83 bits per heavy atom. The van der Waals surface area contributed by atoms with Gasteiger partial charge in [-0.1, -0.05) is 72.8 Å². The summed E-state index contributed by atoms with van der Waals surface area (Å²) >= 11 is 0. The largest absolute Gasteiger partial charge is 0.507 e. The molecule has 0 bridgehead atoms. The number of benzene rings is 3. The van der Waals surface area contributed by atoms with Crippen LogP contribution in [0.25, 0.3) is 22.5 Å². The lowest BCUT2D eigenvalue weighted by molar-refractivity contribution is 0.474. The van der Waals surface area contributed by atoms with E-state index in [2.05, 4.69) is 5.10 Å². The van der Waals surface area contributed by atoms with E-state index < -0.39 is 0 Å². The van der Waals surface area contributed by atoms with Gasteiger partial charge in [0.05, 0.1) is 17.6 Å². The highest BCUT2D eigenvalue weighted by Gasteiger charge is 2.11. The molecule has 0 atom stereocenters. The van der Waals surface area contributed by atoms with Crippen LogP contribution in [-0.2, 0) is 0 Å². The Kier molecular flexibility index (Phi) is 5.29. The fraction of sp³-hybridized carbons (Fsp3) is 0.0417. The maximum atomic E-state index is 9.94. The minimum Gasteiger partial charge on any atom is -0.507 e. The first-order chi connectivity index (χ1) is 14.2. The number of phenols is 1. The molecule has 0 amide bonds. The van der Waals surface area contributed by atoms with E-state index in [1.54, 1.807) is 36.5 Å². The molecule has 0 radical (unpaired) electrons. The van der Waals surface area contributed by atoms with Crippen LogP contribution in [0.2, 0.25) is 0 Å². The summed E-state index contributed by atoms with van der Waals surface area (Å²) in [5.74, 6) is 0.644. The molecule has 0 saturated carbocycles. The van der Waals surface area contributed by atoms with Crippen LogP contribution in [0.1, 0.15) is 5.56 Å². The molecule has 142 valence electrons. The summed E-state index contributed by atoms with van der Waals surface area (Å²) in [4.78, 5) is 9.40. The number of anilines is 1. The van der Waals surface area contributed by atoms with Crippen molar-refractivity contribution in [3.05, 3.63) is 96.6 Å². The van der Waals surface area contributed by atoms with Crippen LogP contribution in [0.3, 0.4) is 0 Å². The van der Waals surface area contributed by atoms with Gasteiger partial charge in [-0.25, -0.2) is 15.0 Å². The number of para-hydroxylation sites is 1. The summed E-state index contributed by atoms with van der Waals surface area (Å²) in [6, 6.07) is 29.0. The summed E-state index contributed by atoms with van der Waals surface area (Å²) in [6.07, 6.45) is 1.59. The highest BCUT2D eigenvalue weighted by Crippen LogP contribution is 2.26. The molecule has 5 heteroatoms. The molecule has 4 aromatic rings. The molecule has 3 aromatic carbocycles. The van der Waals surface area contributed by atoms with E-state index in [1.165, 1.54) is 0 Å². The smallest absolute Gasteiger partial charge is 0.247 e. The molecule has 5 nitrogen and oxygen atoms in total. The number of aromatic nitrogens is 2. The average Bonchev–Trinajstić information content (AvgIpc) is 2.79. The van der Waals surface area contributed by atoms with Gasteiger partial charge in [0.2, 0.25) is 5.95 Å². The Balaban J connectivity index is 1.75. The molecule has 1 N–H and O–H groups in total. The van der Waals surface area contributed by atoms with E-state index in [9.17, 15) is 5.11 Å². The summed E-state index contributed by atoms with van der Waals surface area (Å²) in [6.45, 7) is 0. The van der Waals surface area contributed by atoms with Gasteiger partial charge in [-0.15, -0.1) is 0 Å². The minimum absolute atomic E-state index is 0.175. The Morgan fingerprint density at radius 1 is 0.759 bits per heavy atom. The van der Waals surface area contributed by atoms with Crippen LogP contribution in [0, 0.1) is 0 Å². The summed E-state index contributed by atoms with van der Waals surface area (Å²) in [5.41, 5.74) is 4.28. The second-order valence-electron chi connectivity index (χ2n) is 6.50. The fourth-order valence-electron chi connectivity index (χ4n) is 2.89. The third-order valence-corrected chi connectivity index (χ3v) is 4.45. The van der Waals surface area contributed by atoms with Crippen LogP contribution in [0.4, 0.5) is 5.95 Å². The van der Waals surface area contributed by atoms with Crippen LogP contribution in [-0.4, -0.2) is 28.3 Å². The molecular weight excluding hydrogens is 360 g/mol. The van der Waals surface area contributed by atoms with Crippen molar-refractivity contribution in [1.29, 1.82) is 0 Å². The first-order valence-corrected chi connectivity index (χ1v) is 9.26. The molecule has 0 aliphatic rings. The molecule has 29 heavy (non-hydrogen) atoms. The summed E-state index contributed by atoms with van der Waals surface area (Å²) < 4.78 is 0. The topological polar surface area (TPSA) is 61.6 Å². The van der Waals surface area contributed by atoms with E-state index in [0.29, 0.717) is 11.5 Å². The van der Waals surface area contributed by atoms with E-state index in [1.807, 2.05) is 72.8 Å². The van der Waals surface area contributed by atoms with Crippen molar-refractivity contribution in [3.8, 4) is 28.3 Å². The third kappa shape index (κ3) is 4.30. The maximum absolute atomic E-state index is 9.94. The van der Waals surface area contributed by atoms with Crippen LogP contribution < -0.4 is 5.01 Å². The van der Waals surface area contributed by atoms with Crippen molar-refractivity contribution in [1.82, 2.24) is 9.97 Å². The van der Waals surface area contributed by atoms with Gasteiger partial charge in [-0.05, 0) is 18.2 Å². The van der Waals surface area contributed by atoms with Gasteiger partial charge in [-0.3, -0.25) is 0 Å². The van der Waals surface area contributed by atoms with E-state index in [-0.39, 0.29) is 5.75 Å².